The summed E-state index contributed by atoms with van der Waals surface area (Å²) in [5, 5.41) is 0. The van der Waals surface area contributed by atoms with Gasteiger partial charge in [0.1, 0.15) is 5.82 Å². The van der Waals surface area contributed by atoms with Gasteiger partial charge in [-0.1, -0.05) is 18.9 Å². The molecule has 2 N–H and O–H groups in total. The fourth-order valence-electron chi connectivity index (χ4n) is 1.51. The molecule has 0 aromatic heterocycles. The summed E-state index contributed by atoms with van der Waals surface area (Å²) in [6.07, 6.45) is 3.83. The summed E-state index contributed by atoms with van der Waals surface area (Å²) < 4.78 is 18.5. The van der Waals surface area contributed by atoms with Crippen LogP contribution in [0.1, 0.15) is 24.8 Å². The van der Waals surface area contributed by atoms with E-state index >= 15 is 0 Å². The predicted molar refractivity (Wildman–Crippen MR) is 57.8 cm³/mol. The van der Waals surface area contributed by atoms with E-state index in [1.807, 2.05) is 0 Å². The van der Waals surface area contributed by atoms with Gasteiger partial charge in [0.05, 0.1) is 12.3 Å². The van der Waals surface area contributed by atoms with Crippen LogP contribution in [0.2, 0.25) is 0 Å². The van der Waals surface area contributed by atoms with E-state index in [0.717, 1.165) is 24.5 Å². The lowest BCUT2D eigenvalue weighted by Crippen LogP contribution is -1.98. The molecule has 15 heavy (non-hydrogen) atoms. The lowest BCUT2D eigenvalue weighted by Gasteiger charge is -2.04. The molecule has 0 aliphatic heterocycles. The molecule has 1 aliphatic carbocycles. The summed E-state index contributed by atoms with van der Waals surface area (Å²) in [6, 6.07) is 4.82. The maximum Gasteiger partial charge on any atom is 0.146 e. The van der Waals surface area contributed by atoms with E-state index in [1.165, 1.54) is 18.9 Å². The van der Waals surface area contributed by atoms with Crippen molar-refractivity contribution in [1.82, 2.24) is 0 Å². The van der Waals surface area contributed by atoms with E-state index in [2.05, 4.69) is 0 Å². The lowest BCUT2D eigenvalue weighted by molar-refractivity contribution is 0.115. The first-order valence-electron chi connectivity index (χ1n) is 5.37. The fourth-order valence-corrected chi connectivity index (χ4v) is 1.51. The molecule has 1 aromatic rings. The number of hydrogen-bond acceptors (Lipinski definition) is 2. The van der Waals surface area contributed by atoms with Gasteiger partial charge in [-0.25, -0.2) is 4.39 Å². The molecule has 0 amide bonds. The lowest BCUT2D eigenvalue weighted by atomic mass is 10.2. The van der Waals surface area contributed by atoms with Gasteiger partial charge in [0.2, 0.25) is 0 Å². The topological polar surface area (TPSA) is 35.2 Å². The Bertz CT molecular complexity index is 336. The summed E-state index contributed by atoms with van der Waals surface area (Å²) >= 11 is 0. The number of hydrogen-bond donors (Lipinski definition) is 1. The van der Waals surface area contributed by atoms with Crippen molar-refractivity contribution >= 4 is 5.69 Å². The van der Waals surface area contributed by atoms with Crippen LogP contribution in [0.15, 0.2) is 18.2 Å². The zero-order valence-electron chi connectivity index (χ0n) is 8.71. The molecule has 2 nitrogen and oxygen atoms in total. The van der Waals surface area contributed by atoms with Gasteiger partial charge in [0.15, 0.2) is 0 Å². The number of nitrogen functional groups attached to an aromatic ring is 1. The number of halogens is 1. The highest BCUT2D eigenvalue weighted by molar-refractivity contribution is 5.41. The summed E-state index contributed by atoms with van der Waals surface area (Å²) in [4.78, 5) is 0. The minimum atomic E-state index is -0.363. The van der Waals surface area contributed by atoms with Gasteiger partial charge in [-0.05, 0) is 30.0 Å². The van der Waals surface area contributed by atoms with Crippen molar-refractivity contribution in [1.29, 1.82) is 0 Å². The molecule has 0 spiro atoms. The molecule has 1 saturated carbocycles. The zero-order chi connectivity index (χ0) is 10.7. The van der Waals surface area contributed by atoms with E-state index in [4.69, 9.17) is 10.5 Å². The van der Waals surface area contributed by atoms with Gasteiger partial charge in [0, 0.05) is 6.61 Å². The molecule has 1 aliphatic rings. The van der Waals surface area contributed by atoms with E-state index in [0.29, 0.717) is 6.61 Å². The molecule has 0 atom stereocenters. The van der Waals surface area contributed by atoms with Crippen molar-refractivity contribution in [2.24, 2.45) is 5.92 Å². The third-order valence-electron chi connectivity index (χ3n) is 2.70. The third kappa shape index (κ3) is 3.20. The third-order valence-corrected chi connectivity index (χ3v) is 2.70. The van der Waals surface area contributed by atoms with Gasteiger partial charge in [0.25, 0.3) is 0 Å². The monoisotopic (exact) mass is 209 g/mol. The average Bonchev–Trinajstić information content (AvgIpc) is 3.02. The molecule has 0 bridgehead atoms. The van der Waals surface area contributed by atoms with Crippen LogP contribution in [0.3, 0.4) is 0 Å². The smallest absolute Gasteiger partial charge is 0.146 e. The summed E-state index contributed by atoms with van der Waals surface area (Å²) in [5.41, 5.74) is 6.41. The van der Waals surface area contributed by atoms with Crippen molar-refractivity contribution in [2.45, 2.75) is 25.9 Å². The molecular formula is C12H16FNO. The van der Waals surface area contributed by atoms with Crippen molar-refractivity contribution in [2.75, 3.05) is 12.3 Å². The highest BCUT2D eigenvalue weighted by Gasteiger charge is 2.20. The molecule has 0 saturated heterocycles. The normalized spacial score (nSPS) is 15.5. The van der Waals surface area contributed by atoms with Crippen LogP contribution in [0.4, 0.5) is 10.1 Å². The first-order valence-corrected chi connectivity index (χ1v) is 5.37. The minimum absolute atomic E-state index is 0.191. The number of anilines is 1. The number of ether oxygens (including phenoxy) is 1. The zero-order valence-corrected chi connectivity index (χ0v) is 8.71. The van der Waals surface area contributed by atoms with Crippen molar-refractivity contribution in [3.63, 3.8) is 0 Å². The van der Waals surface area contributed by atoms with Crippen LogP contribution in [-0.2, 0) is 11.3 Å². The SMILES string of the molecule is Nc1ccc(COCCC2CC2)cc1F. The Kier molecular flexibility index (Phi) is 3.21. The minimum Gasteiger partial charge on any atom is -0.396 e. The standard InChI is InChI=1S/C12H16FNO/c13-11-7-10(3-4-12(11)14)8-15-6-5-9-1-2-9/h3-4,7,9H,1-2,5-6,8,14H2. The van der Waals surface area contributed by atoms with Crippen LogP contribution in [-0.4, -0.2) is 6.61 Å². The molecule has 3 heteroatoms. The molecule has 82 valence electrons. The quantitative estimate of drug-likeness (QED) is 0.597. The number of rotatable bonds is 5. The average molecular weight is 209 g/mol. The fraction of sp³-hybridized carbons (Fsp3) is 0.500. The second kappa shape index (κ2) is 4.62. The van der Waals surface area contributed by atoms with E-state index in [1.54, 1.807) is 12.1 Å². The predicted octanol–water partition coefficient (Wildman–Crippen LogP) is 2.72. The van der Waals surface area contributed by atoms with Crippen LogP contribution < -0.4 is 5.73 Å². The second-order valence-corrected chi connectivity index (χ2v) is 4.14. The Morgan fingerprint density at radius 1 is 1.40 bits per heavy atom. The van der Waals surface area contributed by atoms with Crippen molar-refractivity contribution in [3.8, 4) is 0 Å². The maximum atomic E-state index is 13.0. The highest BCUT2D eigenvalue weighted by Crippen LogP contribution is 2.32. The first-order chi connectivity index (χ1) is 7.25. The molecule has 2 rings (SSSR count). The highest BCUT2D eigenvalue weighted by atomic mass is 19.1. The summed E-state index contributed by atoms with van der Waals surface area (Å²) in [7, 11) is 0. The van der Waals surface area contributed by atoms with E-state index in [-0.39, 0.29) is 11.5 Å². The van der Waals surface area contributed by atoms with Gasteiger partial charge in [-0.15, -0.1) is 0 Å². The van der Waals surface area contributed by atoms with Crippen LogP contribution >= 0.6 is 0 Å². The molecule has 0 unspecified atom stereocenters. The second-order valence-electron chi connectivity index (χ2n) is 4.14. The van der Waals surface area contributed by atoms with E-state index < -0.39 is 0 Å². The van der Waals surface area contributed by atoms with Gasteiger partial charge in [-0.2, -0.15) is 0 Å². The first kappa shape index (κ1) is 10.4. The molecule has 1 aromatic carbocycles. The maximum absolute atomic E-state index is 13.0. The Labute approximate surface area is 89.2 Å². The molecule has 0 radical (unpaired) electrons. The molecule has 0 heterocycles. The van der Waals surface area contributed by atoms with Crippen molar-refractivity contribution in [3.05, 3.63) is 29.6 Å². The number of nitrogens with two attached hydrogens (primary N) is 1. The molecular weight excluding hydrogens is 193 g/mol. The molecule has 1 fully saturated rings. The van der Waals surface area contributed by atoms with Gasteiger partial charge in [-0.3, -0.25) is 0 Å². The van der Waals surface area contributed by atoms with Gasteiger partial charge >= 0.3 is 0 Å². The Morgan fingerprint density at radius 2 is 2.20 bits per heavy atom. The largest absolute Gasteiger partial charge is 0.396 e. The Balaban J connectivity index is 1.74. The van der Waals surface area contributed by atoms with Crippen LogP contribution in [0, 0.1) is 11.7 Å². The van der Waals surface area contributed by atoms with Crippen LogP contribution in [0.25, 0.3) is 0 Å². The van der Waals surface area contributed by atoms with E-state index in [9.17, 15) is 4.39 Å². The van der Waals surface area contributed by atoms with Crippen LogP contribution in [0.5, 0.6) is 0 Å². The Hall–Kier alpha value is -1.09. The summed E-state index contributed by atoms with van der Waals surface area (Å²) in [5.74, 6) is 0.520. The Morgan fingerprint density at radius 3 is 2.87 bits per heavy atom. The van der Waals surface area contributed by atoms with Gasteiger partial charge < -0.3 is 10.5 Å². The van der Waals surface area contributed by atoms with Crippen molar-refractivity contribution < 1.29 is 9.13 Å². The number of benzene rings is 1. The summed E-state index contributed by atoms with van der Waals surface area (Å²) in [6.45, 7) is 1.25.